The Kier molecular flexibility index (Phi) is 4.98. The van der Waals surface area contributed by atoms with E-state index in [1.54, 1.807) is 24.5 Å². The van der Waals surface area contributed by atoms with Crippen LogP contribution in [0.2, 0.25) is 0 Å². The molecule has 1 N–H and O–H groups in total. The van der Waals surface area contributed by atoms with Crippen molar-refractivity contribution in [1.82, 2.24) is 4.98 Å². The quantitative estimate of drug-likeness (QED) is 0.524. The molecule has 0 spiro atoms. The third kappa shape index (κ3) is 3.61. The second-order valence-electron chi connectivity index (χ2n) is 6.80. The minimum Gasteiger partial charge on any atom is -0.384 e. The van der Waals surface area contributed by atoms with Gasteiger partial charge in [-0.2, -0.15) is 0 Å². The van der Waals surface area contributed by atoms with Crippen LogP contribution in [0.15, 0.2) is 60.9 Å². The maximum absolute atomic E-state index is 11.3. The fourth-order valence-electron chi connectivity index (χ4n) is 3.79. The molecule has 6 nitrogen and oxygen atoms in total. The van der Waals surface area contributed by atoms with Crippen LogP contribution in [-0.2, 0) is 4.74 Å². The molecule has 1 aliphatic rings. The molecule has 1 aromatic heterocycles. The highest BCUT2D eigenvalue weighted by molar-refractivity contribution is 5.99. The molecule has 6 heteroatoms. The molecule has 1 fully saturated rings. The number of pyridine rings is 1. The first-order valence-electron chi connectivity index (χ1n) is 9.15. The largest absolute Gasteiger partial charge is 0.384 e. The lowest BCUT2D eigenvalue weighted by atomic mass is 9.89. The van der Waals surface area contributed by atoms with Crippen molar-refractivity contribution in [2.45, 2.75) is 18.9 Å². The molecule has 0 saturated carbocycles. The van der Waals surface area contributed by atoms with E-state index in [4.69, 9.17) is 4.74 Å². The zero-order chi connectivity index (χ0) is 18.6. The van der Waals surface area contributed by atoms with Crippen LogP contribution in [0.1, 0.15) is 24.5 Å². The Balaban J connectivity index is 1.57. The predicted octanol–water partition coefficient (Wildman–Crippen LogP) is 4.72. The highest BCUT2D eigenvalue weighted by Crippen LogP contribution is 2.35. The molecule has 1 aliphatic heterocycles. The number of benzene rings is 2. The summed E-state index contributed by atoms with van der Waals surface area (Å²) in [5.74, 6) is 0.341. The fourth-order valence-corrected chi connectivity index (χ4v) is 3.79. The molecular weight excluding hydrogens is 342 g/mol. The first-order valence-corrected chi connectivity index (χ1v) is 9.15. The van der Waals surface area contributed by atoms with Gasteiger partial charge in [-0.15, -0.1) is 0 Å². The minimum atomic E-state index is -0.367. The third-order valence-electron chi connectivity index (χ3n) is 5.12. The number of rotatable bonds is 5. The second-order valence-corrected chi connectivity index (χ2v) is 6.80. The van der Waals surface area contributed by atoms with Gasteiger partial charge in [0.05, 0.1) is 16.4 Å². The summed E-state index contributed by atoms with van der Waals surface area (Å²) in [5.41, 5.74) is 2.16. The summed E-state index contributed by atoms with van der Waals surface area (Å²) in [6.45, 7) is 1.52. The number of hydrogen-bond donors (Lipinski definition) is 1. The number of ether oxygens (including phenoxy) is 1. The average Bonchev–Trinajstić information content (AvgIpc) is 2.72. The highest BCUT2D eigenvalue weighted by atomic mass is 16.6. The molecule has 2 atom stereocenters. The number of nitro benzene ring substituents is 1. The van der Waals surface area contributed by atoms with Gasteiger partial charge in [-0.05, 0) is 30.5 Å². The van der Waals surface area contributed by atoms with E-state index < -0.39 is 0 Å². The van der Waals surface area contributed by atoms with Crippen LogP contribution in [-0.4, -0.2) is 23.1 Å². The maximum Gasteiger partial charge on any atom is 0.278 e. The Labute approximate surface area is 157 Å². The lowest BCUT2D eigenvalue weighted by Gasteiger charge is -2.32. The van der Waals surface area contributed by atoms with Gasteiger partial charge in [-0.3, -0.25) is 15.1 Å². The SMILES string of the molecule is O=[N+]([O-])c1ccc(NCC2CCCOC2c2ccccc2)c2ccncc12. The maximum atomic E-state index is 11.3. The van der Waals surface area contributed by atoms with Gasteiger partial charge in [0.15, 0.2) is 0 Å². The van der Waals surface area contributed by atoms with E-state index in [9.17, 15) is 10.1 Å². The van der Waals surface area contributed by atoms with E-state index in [0.717, 1.165) is 37.1 Å². The van der Waals surface area contributed by atoms with Crippen molar-refractivity contribution in [3.8, 4) is 0 Å². The lowest BCUT2D eigenvalue weighted by Crippen LogP contribution is -2.28. The van der Waals surface area contributed by atoms with Crippen LogP contribution in [0.4, 0.5) is 11.4 Å². The molecule has 0 bridgehead atoms. The smallest absolute Gasteiger partial charge is 0.278 e. The summed E-state index contributed by atoms with van der Waals surface area (Å²) in [4.78, 5) is 15.0. The minimum absolute atomic E-state index is 0.0680. The molecule has 2 aromatic carbocycles. The molecule has 4 rings (SSSR count). The average molecular weight is 363 g/mol. The van der Waals surface area contributed by atoms with Crippen LogP contribution in [0, 0.1) is 16.0 Å². The Bertz CT molecular complexity index is 946. The number of aromatic nitrogens is 1. The van der Waals surface area contributed by atoms with Crippen molar-refractivity contribution in [1.29, 1.82) is 0 Å². The number of nitrogens with zero attached hydrogens (tertiary/aromatic N) is 2. The van der Waals surface area contributed by atoms with Crippen molar-refractivity contribution in [3.63, 3.8) is 0 Å². The van der Waals surface area contributed by atoms with Crippen molar-refractivity contribution >= 4 is 22.1 Å². The summed E-state index contributed by atoms with van der Waals surface area (Å²) in [5, 5.41) is 16.1. The molecule has 1 saturated heterocycles. The zero-order valence-corrected chi connectivity index (χ0v) is 14.9. The molecular formula is C21H21N3O3. The Morgan fingerprint density at radius 1 is 1.15 bits per heavy atom. The fraction of sp³-hybridized carbons (Fsp3) is 0.286. The number of hydrogen-bond acceptors (Lipinski definition) is 5. The zero-order valence-electron chi connectivity index (χ0n) is 14.9. The van der Waals surface area contributed by atoms with Crippen molar-refractivity contribution < 1.29 is 9.66 Å². The van der Waals surface area contributed by atoms with Crippen molar-refractivity contribution in [2.24, 2.45) is 5.92 Å². The van der Waals surface area contributed by atoms with Crippen LogP contribution >= 0.6 is 0 Å². The number of anilines is 1. The molecule has 0 radical (unpaired) electrons. The van der Waals surface area contributed by atoms with Gasteiger partial charge in [0.1, 0.15) is 0 Å². The summed E-state index contributed by atoms with van der Waals surface area (Å²) in [6.07, 6.45) is 5.40. The van der Waals surface area contributed by atoms with Gasteiger partial charge >= 0.3 is 0 Å². The molecule has 2 heterocycles. The van der Waals surface area contributed by atoms with Gasteiger partial charge in [0, 0.05) is 48.6 Å². The van der Waals surface area contributed by atoms with Crippen LogP contribution in [0.5, 0.6) is 0 Å². The third-order valence-corrected chi connectivity index (χ3v) is 5.12. The standard InChI is InChI=1S/C21H21N3O3/c25-24(26)20-9-8-19(17-10-11-22-14-18(17)20)23-13-16-7-4-12-27-21(16)15-5-2-1-3-6-15/h1-3,5-6,8-11,14,16,21,23H,4,7,12-13H2. The molecule has 2 unspecified atom stereocenters. The van der Waals surface area contributed by atoms with E-state index in [2.05, 4.69) is 22.4 Å². The van der Waals surface area contributed by atoms with Crippen molar-refractivity contribution in [3.05, 3.63) is 76.6 Å². The van der Waals surface area contributed by atoms with Crippen molar-refractivity contribution in [2.75, 3.05) is 18.5 Å². The van der Waals surface area contributed by atoms with E-state index in [1.807, 2.05) is 24.3 Å². The number of fused-ring (bicyclic) bond motifs is 1. The molecule has 0 amide bonds. The van der Waals surface area contributed by atoms with Crippen LogP contribution in [0.25, 0.3) is 10.8 Å². The first-order chi connectivity index (χ1) is 13.2. The highest BCUT2D eigenvalue weighted by Gasteiger charge is 2.27. The second kappa shape index (κ2) is 7.72. The number of nitro groups is 1. The molecule has 3 aromatic rings. The molecule has 0 aliphatic carbocycles. The van der Waals surface area contributed by atoms with Crippen LogP contribution in [0.3, 0.4) is 0 Å². The molecule has 138 valence electrons. The Hall–Kier alpha value is -2.99. The monoisotopic (exact) mass is 363 g/mol. The summed E-state index contributed by atoms with van der Waals surface area (Å²) in [7, 11) is 0. The number of nitrogens with one attached hydrogen (secondary N) is 1. The van der Waals surface area contributed by atoms with E-state index in [1.165, 1.54) is 5.56 Å². The molecule has 27 heavy (non-hydrogen) atoms. The van der Waals surface area contributed by atoms with Gasteiger partial charge in [0.25, 0.3) is 5.69 Å². The lowest BCUT2D eigenvalue weighted by molar-refractivity contribution is -0.383. The normalized spacial score (nSPS) is 19.7. The summed E-state index contributed by atoms with van der Waals surface area (Å²) >= 11 is 0. The Morgan fingerprint density at radius 2 is 2.00 bits per heavy atom. The predicted molar refractivity (Wildman–Crippen MR) is 105 cm³/mol. The van der Waals surface area contributed by atoms with Gasteiger partial charge in [0.2, 0.25) is 0 Å². The summed E-state index contributed by atoms with van der Waals surface area (Å²) in [6, 6.07) is 15.4. The topological polar surface area (TPSA) is 77.3 Å². The van der Waals surface area contributed by atoms with Gasteiger partial charge in [-0.25, -0.2) is 0 Å². The first kappa shape index (κ1) is 17.4. The van der Waals surface area contributed by atoms with E-state index >= 15 is 0 Å². The van der Waals surface area contributed by atoms with Gasteiger partial charge < -0.3 is 10.1 Å². The van der Waals surface area contributed by atoms with Gasteiger partial charge in [-0.1, -0.05) is 30.3 Å². The van der Waals surface area contributed by atoms with E-state index in [-0.39, 0.29) is 16.7 Å². The number of non-ortho nitro benzene ring substituents is 1. The Morgan fingerprint density at radius 3 is 2.81 bits per heavy atom. The van der Waals surface area contributed by atoms with Crippen LogP contribution < -0.4 is 5.32 Å². The summed E-state index contributed by atoms with van der Waals surface area (Å²) < 4.78 is 6.06. The van der Waals surface area contributed by atoms with E-state index in [0.29, 0.717) is 11.3 Å².